The van der Waals surface area contributed by atoms with Crippen molar-refractivity contribution in [3.8, 4) is 0 Å². The second kappa shape index (κ2) is 6.12. The van der Waals surface area contributed by atoms with Crippen LogP contribution in [0, 0.1) is 5.82 Å². The van der Waals surface area contributed by atoms with Crippen LogP contribution in [-0.2, 0) is 9.53 Å². The van der Waals surface area contributed by atoms with Crippen molar-refractivity contribution in [3.63, 3.8) is 0 Å². The third-order valence-corrected chi connectivity index (χ3v) is 3.26. The van der Waals surface area contributed by atoms with E-state index in [-0.39, 0.29) is 24.1 Å². The summed E-state index contributed by atoms with van der Waals surface area (Å²) < 4.78 is 18.8. The van der Waals surface area contributed by atoms with E-state index in [1.165, 1.54) is 12.1 Å². The van der Waals surface area contributed by atoms with E-state index < -0.39 is 18.0 Å². The van der Waals surface area contributed by atoms with E-state index in [2.05, 4.69) is 5.32 Å². The molecule has 1 aromatic carbocycles. The summed E-state index contributed by atoms with van der Waals surface area (Å²) in [6.07, 6.45) is 0.121. The number of benzene rings is 1. The summed E-state index contributed by atoms with van der Waals surface area (Å²) >= 11 is 0. The summed E-state index contributed by atoms with van der Waals surface area (Å²) in [7, 11) is 0. The minimum Gasteiger partial charge on any atom is -0.386 e. The molecule has 3 atom stereocenters. The first-order chi connectivity index (χ1) is 9.08. The van der Waals surface area contributed by atoms with Gasteiger partial charge in [0.25, 0.3) is 0 Å². The highest BCUT2D eigenvalue weighted by Crippen LogP contribution is 2.20. The highest BCUT2D eigenvalue weighted by atomic mass is 19.1. The summed E-state index contributed by atoms with van der Waals surface area (Å²) in [6.45, 7) is 1.90. The van der Waals surface area contributed by atoms with E-state index in [0.717, 1.165) is 6.42 Å². The lowest BCUT2D eigenvalue weighted by atomic mass is 10.1. The third kappa shape index (κ3) is 3.52. The van der Waals surface area contributed by atoms with Gasteiger partial charge >= 0.3 is 0 Å². The van der Waals surface area contributed by atoms with Crippen molar-refractivity contribution < 1.29 is 19.0 Å². The van der Waals surface area contributed by atoms with Crippen molar-refractivity contribution in [3.05, 3.63) is 35.6 Å². The van der Waals surface area contributed by atoms with Gasteiger partial charge in [0.2, 0.25) is 5.91 Å². The van der Waals surface area contributed by atoms with Crippen LogP contribution in [0.2, 0.25) is 0 Å². The van der Waals surface area contributed by atoms with Crippen molar-refractivity contribution in [1.29, 1.82) is 0 Å². The van der Waals surface area contributed by atoms with Crippen LogP contribution in [0.3, 0.4) is 0 Å². The molecule has 3 unspecified atom stereocenters. The molecule has 104 valence electrons. The molecule has 1 amide bonds. The first-order valence-corrected chi connectivity index (χ1v) is 6.43. The standard InChI is InChI=1S/C14H18FNO3/c1-9-6-7-13(19-9)14(18)16-8-12(17)10-4-2-3-5-11(10)15/h2-5,9,12-13,17H,6-8H2,1H3,(H,16,18). The van der Waals surface area contributed by atoms with E-state index in [1.54, 1.807) is 12.1 Å². The quantitative estimate of drug-likeness (QED) is 0.870. The van der Waals surface area contributed by atoms with E-state index in [4.69, 9.17) is 4.74 Å². The number of halogens is 1. The van der Waals surface area contributed by atoms with Crippen LogP contribution in [0.1, 0.15) is 31.4 Å². The number of amides is 1. The Hall–Kier alpha value is -1.46. The number of carbonyl (C=O) groups is 1. The summed E-state index contributed by atoms with van der Waals surface area (Å²) in [5, 5.41) is 12.4. The highest BCUT2D eigenvalue weighted by Gasteiger charge is 2.28. The van der Waals surface area contributed by atoms with Crippen molar-refractivity contribution >= 4 is 5.91 Å². The second-order valence-electron chi connectivity index (χ2n) is 4.80. The maximum atomic E-state index is 13.4. The topological polar surface area (TPSA) is 58.6 Å². The lowest BCUT2D eigenvalue weighted by Crippen LogP contribution is -2.37. The Bertz CT molecular complexity index is 452. The first kappa shape index (κ1) is 14.0. The molecule has 4 nitrogen and oxygen atoms in total. The maximum absolute atomic E-state index is 13.4. The van der Waals surface area contributed by atoms with Crippen LogP contribution in [0.4, 0.5) is 4.39 Å². The fourth-order valence-electron chi connectivity index (χ4n) is 2.16. The number of carbonyl (C=O) groups excluding carboxylic acids is 1. The molecule has 0 aromatic heterocycles. The van der Waals surface area contributed by atoms with Crippen LogP contribution in [-0.4, -0.2) is 29.8 Å². The molecule has 0 radical (unpaired) electrons. The van der Waals surface area contributed by atoms with E-state index in [0.29, 0.717) is 6.42 Å². The van der Waals surface area contributed by atoms with Gasteiger partial charge in [-0.2, -0.15) is 0 Å². The van der Waals surface area contributed by atoms with Gasteiger partial charge in [-0.05, 0) is 25.8 Å². The Morgan fingerprint density at radius 3 is 2.89 bits per heavy atom. The SMILES string of the molecule is CC1CCC(C(=O)NCC(O)c2ccccc2F)O1. The fraction of sp³-hybridized carbons (Fsp3) is 0.500. The molecule has 1 aliphatic rings. The molecule has 1 heterocycles. The number of hydrogen-bond donors (Lipinski definition) is 2. The molecule has 0 aliphatic carbocycles. The molecule has 5 heteroatoms. The summed E-state index contributed by atoms with van der Waals surface area (Å²) in [5.74, 6) is -0.727. The van der Waals surface area contributed by atoms with Crippen LogP contribution in [0.15, 0.2) is 24.3 Å². The zero-order valence-electron chi connectivity index (χ0n) is 10.8. The van der Waals surface area contributed by atoms with E-state index in [9.17, 15) is 14.3 Å². The van der Waals surface area contributed by atoms with Gasteiger partial charge in [-0.1, -0.05) is 18.2 Å². The van der Waals surface area contributed by atoms with Crippen molar-refractivity contribution in [2.45, 2.75) is 38.1 Å². The van der Waals surface area contributed by atoms with Gasteiger partial charge in [0.15, 0.2) is 0 Å². The van der Waals surface area contributed by atoms with Crippen LogP contribution in [0.5, 0.6) is 0 Å². The van der Waals surface area contributed by atoms with Gasteiger partial charge in [0.05, 0.1) is 12.2 Å². The number of hydrogen-bond acceptors (Lipinski definition) is 3. The molecular weight excluding hydrogens is 249 g/mol. The second-order valence-corrected chi connectivity index (χ2v) is 4.80. The molecule has 19 heavy (non-hydrogen) atoms. The minimum absolute atomic E-state index is 0.0198. The Morgan fingerprint density at radius 2 is 2.26 bits per heavy atom. The molecule has 1 fully saturated rings. The molecule has 1 aliphatic heterocycles. The maximum Gasteiger partial charge on any atom is 0.249 e. The summed E-state index contributed by atoms with van der Waals surface area (Å²) in [6, 6.07) is 5.98. The molecule has 1 saturated heterocycles. The predicted octanol–water partition coefficient (Wildman–Crippen LogP) is 1.54. The molecular formula is C14H18FNO3. The largest absolute Gasteiger partial charge is 0.386 e. The molecule has 2 rings (SSSR count). The average Bonchev–Trinajstić information content (AvgIpc) is 2.83. The molecule has 0 bridgehead atoms. The fourth-order valence-corrected chi connectivity index (χ4v) is 2.16. The number of aliphatic hydroxyl groups excluding tert-OH is 1. The Balaban J connectivity index is 1.85. The van der Waals surface area contributed by atoms with Gasteiger partial charge in [0, 0.05) is 12.1 Å². The normalized spacial score (nSPS) is 24.2. The Morgan fingerprint density at radius 1 is 1.53 bits per heavy atom. The summed E-state index contributed by atoms with van der Waals surface area (Å²) in [5.41, 5.74) is 0.184. The van der Waals surface area contributed by atoms with Crippen LogP contribution < -0.4 is 5.32 Å². The third-order valence-electron chi connectivity index (χ3n) is 3.26. The zero-order valence-corrected chi connectivity index (χ0v) is 10.8. The zero-order chi connectivity index (χ0) is 13.8. The van der Waals surface area contributed by atoms with Gasteiger partial charge in [-0.3, -0.25) is 4.79 Å². The van der Waals surface area contributed by atoms with Gasteiger partial charge < -0.3 is 15.2 Å². The highest BCUT2D eigenvalue weighted by molar-refractivity contribution is 5.81. The molecule has 2 N–H and O–H groups in total. The Labute approximate surface area is 111 Å². The first-order valence-electron chi connectivity index (χ1n) is 6.43. The predicted molar refractivity (Wildman–Crippen MR) is 67.9 cm³/mol. The monoisotopic (exact) mass is 267 g/mol. The van der Waals surface area contributed by atoms with Crippen LogP contribution >= 0.6 is 0 Å². The Kier molecular flexibility index (Phi) is 4.50. The van der Waals surface area contributed by atoms with Gasteiger partial charge in [0.1, 0.15) is 11.9 Å². The number of rotatable bonds is 4. The van der Waals surface area contributed by atoms with Gasteiger partial charge in [-0.15, -0.1) is 0 Å². The lowest BCUT2D eigenvalue weighted by molar-refractivity contribution is -0.132. The minimum atomic E-state index is -1.05. The molecule has 1 aromatic rings. The average molecular weight is 267 g/mol. The lowest BCUT2D eigenvalue weighted by Gasteiger charge is -2.15. The van der Waals surface area contributed by atoms with Crippen molar-refractivity contribution in [2.24, 2.45) is 0 Å². The van der Waals surface area contributed by atoms with Crippen molar-refractivity contribution in [2.75, 3.05) is 6.54 Å². The van der Waals surface area contributed by atoms with E-state index in [1.807, 2.05) is 6.92 Å². The van der Waals surface area contributed by atoms with Crippen molar-refractivity contribution in [1.82, 2.24) is 5.32 Å². The molecule has 0 spiro atoms. The number of aliphatic hydroxyl groups is 1. The van der Waals surface area contributed by atoms with Crippen LogP contribution in [0.25, 0.3) is 0 Å². The number of ether oxygens (including phenoxy) is 1. The summed E-state index contributed by atoms with van der Waals surface area (Å²) in [4.78, 5) is 11.8. The number of nitrogens with one attached hydrogen (secondary N) is 1. The smallest absolute Gasteiger partial charge is 0.249 e. The van der Waals surface area contributed by atoms with E-state index >= 15 is 0 Å². The molecule has 0 saturated carbocycles. The van der Waals surface area contributed by atoms with Gasteiger partial charge in [-0.25, -0.2) is 4.39 Å².